The Bertz CT molecular complexity index is 1120. The number of nitrogens with one attached hydrogen (secondary N) is 4. The van der Waals surface area contributed by atoms with Crippen LogP contribution in [-0.2, 0) is 0 Å². The summed E-state index contributed by atoms with van der Waals surface area (Å²) in [6.45, 7) is -2.42. The fourth-order valence-corrected chi connectivity index (χ4v) is 3.02. The van der Waals surface area contributed by atoms with Gasteiger partial charge in [0.1, 0.15) is 11.1 Å². The van der Waals surface area contributed by atoms with Crippen LogP contribution in [0.2, 0.25) is 0 Å². The molecular formula is C21H24N6O11. The van der Waals surface area contributed by atoms with Gasteiger partial charge in [-0.2, -0.15) is 0 Å². The number of carbonyl (C=O) groups excluding carboxylic acids is 3. The van der Waals surface area contributed by atoms with Gasteiger partial charge in [-0.15, -0.1) is 0 Å². The largest absolute Gasteiger partial charge is 0.394 e. The SMILES string of the molecule is O=C(Nc1ccc(C(=O)NC(CO)CO)c([N+](=O)[O-])c1)Nc1ccc(C(=O)NC(CO)CO)c([N+](=O)[O-])c1. The quantitative estimate of drug-likeness (QED) is 0.124. The van der Waals surface area contributed by atoms with Crippen LogP contribution in [0, 0.1) is 20.2 Å². The highest BCUT2D eigenvalue weighted by atomic mass is 16.6. The number of rotatable bonds is 12. The molecule has 0 radical (unpaired) electrons. The fourth-order valence-electron chi connectivity index (χ4n) is 3.02. The van der Waals surface area contributed by atoms with Crippen molar-refractivity contribution in [3.8, 4) is 0 Å². The van der Waals surface area contributed by atoms with Crippen molar-refractivity contribution in [3.63, 3.8) is 0 Å². The number of hydrogen-bond acceptors (Lipinski definition) is 11. The molecule has 0 unspecified atom stereocenters. The molecule has 0 aliphatic carbocycles. The van der Waals surface area contributed by atoms with Crippen molar-refractivity contribution < 1.29 is 44.7 Å². The van der Waals surface area contributed by atoms with Gasteiger partial charge in [0.2, 0.25) is 0 Å². The van der Waals surface area contributed by atoms with Gasteiger partial charge in [-0.05, 0) is 24.3 Å². The average molecular weight is 536 g/mol. The van der Waals surface area contributed by atoms with Gasteiger partial charge >= 0.3 is 6.03 Å². The van der Waals surface area contributed by atoms with Gasteiger partial charge in [0.15, 0.2) is 0 Å². The highest BCUT2D eigenvalue weighted by molar-refractivity contribution is 6.03. The molecule has 38 heavy (non-hydrogen) atoms. The second-order valence-corrected chi connectivity index (χ2v) is 7.63. The normalized spacial score (nSPS) is 10.7. The van der Waals surface area contributed by atoms with E-state index in [4.69, 9.17) is 20.4 Å². The zero-order valence-electron chi connectivity index (χ0n) is 19.5. The zero-order chi connectivity index (χ0) is 28.4. The lowest BCUT2D eigenvalue weighted by atomic mass is 10.1. The molecule has 0 spiro atoms. The molecule has 0 bridgehead atoms. The average Bonchev–Trinajstić information content (AvgIpc) is 2.89. The molecule has 0 aromatic heterocycles. The lowest BCUT2D eigenvalue weighted by Gasteiger charge is -2.14. The first-order valence-electron chi connectivity index (χ1n) is 10.7. The van der Waals surface area contributed by atoms with E-state index in [0.29, 0.717) is 0 Å². The van der Waals surface area contributed by atoms with E-state index in [2.05, 4.69) is 21.3 Å². The molecule has 2 aromatic rings. The summed E-state index contributed by atoms with van der Waals surface area (Å²) in [4.78, 5) is 58.1. The van der Waals surface area contributed by atoms with Gasteiger partial charge in [-0.3, -0.25) is 29.8 Å². The molecular weight excluding hydrogens is 512 g/mol. The minimum Gasteiger partial charge on any atom is -0.394 e. The zero-order valence-corrected chi connectivity index (χ0v) is 19.5. The molecule has 0 fully saturated rings. The molecule has 204 valence electrons. The van der Waals surface area contributed by atoms with E-state index >= 15 is 0 Å². The Hall–Kier alpha value is -4.71. The van der Waals surface area contributed by atoms with Gasteiger partial charge in [0.25, 0.3) is 23.2 Å². The summed E-state index contributed by atoms with van der Waals surface area (Å²) < 4.78 is 0. The predicted molar refractivity (Wildman–Crippen MR) is 130 cm³/mol. The molecule has 0 saturated carbocycles. The highest BCUT2D eigenvalue weighted by Crippen LogP contribution is 2.25. The summed E-state index contributed by atoms with van der Waals surface area (Å²) in [7, 11) is 0. The minimum absolute atomic E-state index is 0.115. The number of hydrogen-bond donors (Lipinski definition) is 8. The monoisotopic (exact) mass is 536 g/mol. The summed E-state index contributed by atoms with van der Waals surface area (Å²) in [6.07, 6.45) is 0. The standard InChI is InChI=1S/C21H24N6O11/c28-7-13(8-29)22-19(32)15-3-1-11(5-17(15)26(35)36)24-21(34)25-12-2-4-16(18(6-12)27(37)38)20(33)23-14(9-30)10-31/h1-6,13-14,28-31H,7-10H2,(H,22,32)(H,23,33)(H2,24,25,34). The fraction of sp³-hybridized carbons (Fsp3) is 0.286. The van der Waals surface area contributed by atoms with Crippen LogP contribution in [0.3, 0.4) is 0 Å². The molecule has 17 nitrogen and oxygen atoms in total. The first-order chi connectivity index (χ1) is 18.0. The Balaban J connectivity index is 2.21. The van der Waals surface area contributed by atoms with Crippen LogP contribution < -0.4 is 21.3 Å². The first-order valence-corrected chi connectivity index (χ1v) is 10.7. The number of nitro groups is 2. The molecule has 0 saturated heterocycles. The lowest BCUT2D eigenvalue weighted by molar-refractivity contribution is -0.385. The smallest absolute Gasteiger partial charge is 0.323 e. The molecule has 0 aliphatic rings. The predicted octanol–water partition coefficient (Wildman–Crippen LogP) is -0.687. The van der Waals surface area contributed by atoms with E-state index in [1.807, 2.05) is 0 Å². The van der Waals surface area contributed by atoms with Crippen molar-refractivity contribution in [3.05, 3.63) is 67.8 Å². The number of anilines is 2. The van der Waals surface area contributed by atoms with E-state index in [1.54, 1.807) is 0 Å². The minimum atomic E-state index is -1.04. The topological polar surface area (TPSA) is 267 Å². The summed E-state index contributed by atoms with van der Waals surface area (Å²) in [5.41, 5.74) is -2.41. The van der Waals surface area contributed by atoms with Gasteiger partial charge in [0.05, 0.1) is 48.4 Å². The van der Waals surface area contributed by atoms with E-state index < -0.39 is 88.7 Å². The molecule has 4 amide bonds. The van der Waals surface area contributed by atoms with Crippen LogP contribution in [0.4, 0.5) is 27.5 Å². The number of aliphatic hydroxyl groups is 4. The van der Waals surface area contributed by atoms with Crippen molar-refractivity contribution >= 4 is 40.6 Å². The number of nitrogens with zero attached hydrogens (tertiary/aromatic N) is 2. The number of aliphatic hydroxyl groups excluding tert-OH is 4. The van der Waals surface area contributed by atoms with Crippen LogP contribution in [0.1, 0.15) is 20.7 Å². The van der Waals surface area contributed by atoms with Crippen LogP contribution in [0.25, 0.3) is 0 Å². The molecule has 0 atom stereocenters. The lowest BCUT2D eigenvalue weighted by Crippen LogP contribution is -2.40. The van der Waals surface area contributed by atoms with Crippen LogP contribution >= 0.6 is 0 Å². The van der Waals surface area contributed by atoms with E-state index in [1.165, 1.54) is 12.1 Å². The number of benzene rings is 2. The molecule has 2 rings (SSSR count). The number of carbonyl (C=O) groups is 3. The van der Waals surface area contributed by atoms with Crippen LogP contribution in [0.15, 0.2) is 36.4 Å². The van der Waals surface area contributed by atoms with Crippen LogP contribution in [0.5, 0.6) is 0 Å². The maximum absolute atomic E-state index is 12.4. The first kappa shape index (κ1) is 29.5. The molecule has 0 aliphatic heterocycles. The third kappa shape index (κ3) is 7.64. The second-order valence-electron chi connectivity index (χ2n) is 7.63. The summed E-state index contributed by atoms with van der Waals surface area (Å²) in [6, 6.07) is 3.14. The Labute approximate surface area is 213 Å². The van der Waals surface area contributed by atoms with Crippen molar-refractivity contribution in [1.82, 2.24) is 10.6 Å². The number of amides is 4. The van der Waals surface area contributed by atoms with Gasteiger partial charge in [-0.1, -0.05) is 0 Å². The Kier molecular flexibility index (Phi) is 10.5. The highest BCUT2D eigenvalue weighted by Gasteiger charge is 2.25. The van der Waals surface area contributed by atoms with E-state index in [9.17, 15) is 34.6 Å². The second kappa shape index (κ2) is 13.6. The third-order valence-corrected chi connectivity index (χ3v) is 4.95. The van der Waals surface area contributed by atoms with Crippen molar-refractivity contribution in [2.45, 2.75) is 12.1 Å². The third-order valence-electron chi connectivity index (χ3n) is 4.95. The van der Waals surface area contributed by atoms with Gasteiger partial charge in [0, 0.05) is 23.5 Å². The Morgan fingerprint density at radius 2 is 1.03 bits per heavy atom. The Morgan fingerprint density at radius 1 is 0.684 bits per heavy atom. The summed E-state index contributed by atoms with van der Waals surface area (Å²) in [5, 5.41) is 68.2. The summed E-state index contributed by atoms with van der Waals surface area (Å²) >= 11 is 0. The molecule has 8 N–H and O–H groups in total. The number of urea groups is 1. The van der Waals surface area contributed by atoms with Gasteiger partial charge < -0.3 is 41.7 Å². The molecule has 0 heterocycles. The van der Waals surface area contributed by atoms with Crippen molar-refractivity contribution in [1.29, 1.82) is 0 Å². The van der Waals surface area contributed by atoms with Gasteiger partial charge in [-0.25, -0.2) is 4.79 Å². The van der Waals surface area contributed by atoms with E-state index in [-0.39, 0.29) is 11.4 Å². The molecule has 17 heteroatoms. The summed E-state index contributed by atoms with van der Waals surface area (Å²) in [5.74, 6) is -1.89. The van der Waals surface area contributed by atoms with Crippen molar-refractivity contribution in [2.75, 3.05) is 37.1 Å². The Morgan fingerprint density at radius 3 is 1.32 bits per heavy atom. The van der Waals surface area contributed by atoms with E-state index in [0.717, 1.165) is 24.3 Å². The number of nitro benzene ring substituents is 2. The maximum atomic E-state index is 12.4. The molecule has 2 aromatic carbocycles. The van der Waals surface area contributed by atoms with Crippen LogP contribution in [-0.4, -0.2) is 86.6 Å². The maximum Gasteiger partial charge on any atom is 0.323 e. The van der Waals surface area contributed by atoms with Crippen molar-refractivity contribution in [2.24, 2.45) is 0 Å².